The fraction of sp³-hybridized carbons (Fsp3) is 0.476. The highest BCUT2D eigenvalue weighted by Gasteiger charge is 2.21. The minimum atomic E-state index is -0.875. The molecule has 2 rings (SSSR count). The van der Waals surface area contributed by atoms with E-state index >= 15 is 0 Å². The van der Waals surface area contributed by atoms with Gasteiger partial charge in [-0.2, -0.15) is 5.10 Å². The summed E-state index contributed by atoms with van der Waals surface area (Å²) in [6.45, 7) is 7.43. The van der Waals surface area contributed by atoms with Gasteiger partial charge in [0.25, 0.3) is 5.91 Å². The lowest BCUT2D eigenvalue weighted by Gasteiger charge is -2.14. The third-order valence-corrected chi connectivity index (χ3v) is 4.63. The SMILES string of the molecule is CCCCc1ccc(CC(=O)O[C@H](C)C(=O)Nc2c(C)nn(C)c2C)cc1. The minimum absolute atomic E-state index is 0.149. The lowest BCUT2D eigenvalue weighted by Crippen LogP contribution is -2.30. The zero-order chi connectivity index (χ0) is 20.0. The van der Waals surface area contributed by atoms with Crippen LogP contribution in [-0.4, -0.2) is 27.8 Å². The van der Waals surface area contributed by atoms with Crippen LogP contribution in [0.25, 0.3) is 0 Å². The first kappa shape index (κ1) is 20.7. The Bertz CT molecular complexity index is 794. The summed E-state index contributed by atoms with van der Waals surface area (Å²) in [6.07, 6.45) is 2.64. The summed E-state index contributed by atoms with van der Waals surface area (Å²) < 4.78 is 6.99. The standard InChI is InChI=1S/C21H29N3O3/c1-6-7-8-17-9-11-18(12-10-17)13-19(25)27-16(4)21(26)22-20-14(2)23-24(5)15(20)3/h9-12,16H,6-8,13H2,1-5H3,(H,22,26)/t16-/m1/s1. The van der Waals surface area contributed by atoms with E-state index in [0.29, 0.717) is 5.69 Å². The number of rotatable bonds is 8. The molecule has 1 aromatic carbocycles. The van der Waals surface area contributed by atoms with Crippen LogP contribution in [0.1, 0.15) is 49.2 Å². The summed E-state index contributed by atoms with van der Waals surface area (Å²) in [7, 11) is 1.81. The van der Waals surface area contributed by atoms with E-state index in [0.717, 1.165) is 36.2 Å². The van der Waals surface area contributed by atoms with E-state index in [-0.39, 0.29) is 12.3 Å². The van der Waals surface area contributed by atoms with Crippen molar-refractivity contribution in [3.8, 4) is 0 Å². The molecule has 6 nitrogen and oxygen atoms in total. The lowest BCUT2D eigenvalue weighted by atomic mass is 10.1. The second kappa shape index (κ2) is 9.35. The van der Waals surface area contributed by atoms with Gasteiger partial charge in [-0.05, 0) is 44.7 Å². The molecular weight excluding hydrogens is 342 g/mol. The molecule has 0 aliphatic heterocycles. The first-order valence-electron chi connectivity index (χ1n) is 9.40. The summed E-state index contributed by atoms with van der Waals surface area (Å²) in [5.74, 6) is -0.781. The van der Waals surface area contributed by atoms with Gasteiger partial charge in [0, 0.05) is 7.05 Å². The number of carbonyl (C=O) groups is 2. The molecule has 0 saturated carbocycles. The van der Waals surface area contributed by atoms with Crippen molar-refractivity contribution in [2.24, 2.45) is 7.05 Å². The summed E-state index contributed by atoms with van der Waals surface area (Å²) >= 11 is 0. The highest BCUT2D eigenvalue weighted by atomic mass is 16.5. The molecule has 1 atom stereocenters. The van der Waals surface area contributed by atoms with Crippen LogP contribution in [0.5, 0.6) is 0 Å². The summed E-state index contributed by atoms with van der Waals surface area (Å²) in [5.41, 5.74) is 4.39. The fourth-order valence-corrected chi connectivity index (χ4v) is 2.84. The summed E-state index contributed by atoms with van der Waals surface area (Å²) in [5, 5.41) is 7.06. The van der Waals surface area contributed by atoms with E-state index in [4.69, 9.17) is 4.74 Å². The van der Waals surface area contributed by atoms with Gasteiger partial charge in [0.2, 0.25) is 0 Å². The maximum Gasteiger partial charge on any atom is 0.311 e. The first-order chi connectivity index (χ1) is 12.8. The minimum Gasteiger partial charge on any atom is -0.452 e. The van der Waals surface area contributed by atoms with Crippen molar-refractivity contribution in [2.45, 2.75) is 59.5 Å². The van der Waals surface area contributed by atoms with Crippen molar-refractivity contribution >= 4 is 17.6 Å². The number of nitrogens with one attached hydrogen (secondary N) is 1. The third-order valence-electron chi connectivity index (χ3n) is 4.63. The molecule has 2 aromatic rings. The van der Waals surface area contributed by atoms with E-state index in [1.807, 2.05) is 45.2 Å². The van der Waals surface area contributed by atoms with E-state index in [1.54, 1.807) is 11.6 Å². The van der Waals surface area contributed by atoms with Gasteiger partial charge in [-0.25, -0.2) is 0 Å². The van der Waals surface area contributed by atoms with Crippen LogP contribution in [-0.2, 0) is 34.2 Å². The number of hydrogen-bond donors (Lipinski definition) is 1. The Morgan fingerprint density at radius 2 is 1.81 bits per heavy atom. The van der Waals surface area contributed by atoms with E-state index in [1.165, 1.54) is 5.56 Å². The number of ether oxygens (including phenoxy) is 1. The Balaban J connectivity index is 1.88. The number of esters is 1. The van der Waals surface area contributed by atoms with Crippen LogP contribution < -0.4 is 5.32 Å². The molecular formula is C21H29N3O3. The van der Waals surface area contributed by atoms with Crippen molar-refractivity contribution in [2.75, 3.05) is 5.32 Å². The number of unbranched alkanes of at least 4 members (excludes halogenated alkanes) is 1. The average Bonchev–Trinajstić information content (AvgIpc) is 2.87. The molecule has 1 aromatic heterocycles. The van der Waals surface area contributed by atoms with Gasteiger partial charge in [-0.15, -0.1) is 0 Å². The van der Waals surface area contributed by atoms with E-state index in [9.17, 15) is 9.59 Å². The Hall–Kier alpha value is -2.63. The Morgan fingerprint density at radius 1 is 1.19 bits per heavy atom. The van der Waals surface area contributed by atoms with Crippen LogP contribution in [0.15, 0.2) is 24.3 Å². The quantitative estimate of drug-likeness (QED) is 0.721. The van der Waals surface area contributed by atoms with Crippen molar-refractivity contribution < 1.29 is 14.3 Å². The number of aryl methyl sites for hydroxylation is 3. The molecule has 0 aliphatic rings. The normalized spacial score (nSPS) is 11.9. The van der Waals surface area contributed by atoms with E-state index in [2.05, 4.69) is 17.3 Å². The predicted octanol–water partition coefficient (Wildman–Crippen LogP) is 3.49. The van der Waals surface area contributed by atoms with Gasteiger partial charge in [-0.1, -0.05) is 37.6 Å². The molecule has 0 aliphatic carbocycles. The predicted molar refractivity (Wildman–Crippen MR) is 106 cm³/mol. The zero-order valence-corrected chi connectivity index (χ0v) is 16.8. The molecule has 0 radical (unpaired) electrons. The lowest BCUT2D eigenvalue weighted by molar-refractivity contribution is -0.152. The number of nitrogens with zero attached hydrogens (tertiary/aromatic N) is 2. The molecule has 0 fully saturated rings. The van der Waals surface area contributed by atoms with Gasteiger partial charge in [0.15, 0.2) is 6.10 Å². The zero-order valence-electron chi connectivity index (χ0n) is 16.8. The first-order valence-corrected chi connectivity index (χ1v) is 9.40. The van der Waals surface area contributed by atoms with Gasteiger partial charge in [0.05, 0.1) is 23.5 Å². The molecule has 0 bridgehead atoms. The van der Waals surface area contributed by atoms with Crippen molar-refractivity contribution in [1.82, 2.24) is 9.78 Å². The molecule has 27 heavy (non-hydrogen) atoms. The number of benzene rings is 1. The van der Waals surface area contributed by atoms with Crippen molar-refractivity contribution in [1.29, 1.82) is 0 Å². The van der Waals surface area contributed by atoms with Crippen LogP contribution >= 0.6 is 0 Å². The molecule has 0 spiro atoms. The second-order valence-corrected chi connectivity index (χ2v) is 6.89. The topological polar surface area (TPSA) is 73.2 Å². The smallest absolute Gasteiger partial charge is 0.311 e. The van der Waals surface area contributed by atoms with Gasteiger partial charge >= 0.3 is 5.97 Å². The average molecular weight is 371 g/mol. The molecule has 0 saturated heterocycles. The fourth-order valence-electron chi connectivity index (χ4n) is 2.84. The molecule has 1 heterocycles. The molecule has 6 heteroatoms. The van der Waals surface area contributed by atoms with Gasteiger partial charge in [0.1, 0.15) is 0 Å². The van der Waals surface area contributed by atoms with Crippen LogP contribution in [0, 0.1) is 13.8 Å². The van der Waals surface area contributed by atoms with Crippen LogP contribution in [0.4, 0.5) is 5.69 Å². The van der Waals surface area contributed by atoms with E-state index < -0.39 is 12.1 Å². The number of amides is 1. The number of anilines is 1. The van der Waals surface area contributed by atoms with Gasteiger partial charge < -0.3 is 10.1 Å². The maximum absolute atomic E-state index is 12.3. The van der Waals surface area contributed by atoms with Gasteiger partial charge in [-0.3, -0.25) is 14.3 Å². The Kier molecular flexibility index (Phi) is 7.16. The molecule has 0 unspecified atom stereocenters. The van der Waals surface area contributed by atoms with Crippen LogP contribution in [0.3, 0.4) is 0 Å². The summed E-state index contributed by atoms with van der Waals surface area (Å²) in [4.78, 5) is 24.5. The highest BCUT2D eigenvalue weighted by Crippen LogP contribution is 2.19. The molecule has 1 N–H and O–H groups in total. The third kappa shape index (κ3) is 5.67. The monoisotopic (exact) mass is 371 g/mol. The highest BCUT2D eigenvalue weighted by molar-refractivity contribution is 5.96. The number of hydrogen-bond acceptors (Lipinski definition) is 4. The van der Waals surface area contributed by atoms with Crippen molar-refractivity contribution in [3.63, 3.8) is 0 Å². The van der Waals surface area contributed by atoms with Crippen molar-refractivity contribution in [3.05, 3.63) is 46.8 Å². The van der Waals surface area contributed by atoms with Crippen LogP contribution in [0.2, 0.25) is 0 Å². The Labute approximate surface area is 160 Å². The Morgan fingerprint density at radius 3 is 2.37 bits per heavy atom. The number of carbonyl (C=O) groups excluding carboxylic acids is 2. The number of aromatic nitrogens is 2. The largest absolute Gasteiger partial charge is 0.452 e. The molecule has 146 valence electrons. The second-order valence-electron chi connectivity index (χ2n) is 6.89. The summed E-state index contributed by atoms with van der Waals surface area (Å²) in [6, 6.07) is 7.98. The molecule has 1 amide bonds. The maximum atomic E-state index is 12.3.